The summed E-state index contributed by atoms with van der Waals surface area (Å²) in [6.45, 7) is 0. The van der Waals surface area contributed by atoms with E-state index >= 15 is 0 Å². The second-order valence-corrected chi connectivity index (χ2v) is 5.68. The largest absolute Gasteiger partial charge is 0.271 e. The highest BCUT2D eigenvalue weighted by Gasteiger charge is 2.12. The number of halogens is 2. The molecule has 10 heteroatoms. The first kappa shape index (κ1) is 16.9. The van der Waals surface area contributed by atoms with Crippen molar-refractivity contribution in [1.82, 2.24) is 31.1 Å². The smallest absolute Gasteiger partial charge is 0.267 e. The predicted octanol–water partition coefficient (Wildman–Crippen LogP) is 2.04. The minimum absolute atomic E-state index is 0.185. The van der Waals surface area contributed by atoms with E-state index in [1.54, 1.807) is 24.3 Å². The Labute approximate surface area is 151 Å². The Hall–Kier alpha value is -2.97. The van der Waals surface area contributed by atoms with Crippen LogP contribution in [-0.2, 0) is 0 Å². The molecule has 126 valence electrons. The maximum atomic E-state index is 12.1. The van der Waals surface area contributed by atoms with Crippen molar-refractivity contribution in [3.05, 3.63) is 70.0 Å². The predicted molar refractivity (Wildman–Crippen MR) is 90.5 cm³/mol. The van der Waals surface area contributed by atoms with E-state index in [1.165, 1.54) is 29.2 Å². The lowest BCUT2D eigenvalue weighted by Crippen LogP contribution is -2.41. The fourth-order valence-corrected chi connectivity index (χ4v) is 2.47. The Morgan fingerprint density at radius 1 is 0.960 bits per heavy atom. The van der Waals surface area contributed by atoms with Crippen LogP contribution in [0.15, 0.2) is 48.8 Å². The highest BCUT2D eigenvalue weighted by Crippen LogP contribution is 2.20. The van der Waals surface area contributed by atoms with Crippen LogP contribution in [0.5, 0.6) is 0 Å². The topological polar surface area (TPSA) is 102 Å². The van der Waals surface area contributed by atoms with Crippen LogP contribution in [0.4, 0.5) is 0 Å². The van der Waals surface area contributed by atoms with Gasteiger partial charge in [-0.1, -0.05) is 23.2 Å². The van der Waals surface area contributed by atoms with Crippen molar-refractivity contribution in [2.45, 2.75) is 0 Å². The van der Waals surface area contributed by atoms with Gasteiger partial charge in [0.05, 0.1) is 16.3 Å². The lowest BCUT2D eigenvalue weighted by atomic mass is 10.2. The fourth-order valence-electron chi connectivity index (χ4n) is 1.97. The van der Waals surface area contributed by atoms with E-state index in [9.17, 15) is 9.59 Å². The molecule has 25 heavy (non-hydrogen) atoms. The zero-order valence-corrected chi connectivity index (χ0v) is 14.0. The molecule has 2 aromatic carbocycles. The number of hydrazine groups is 1. The molecule has 0 bridgehead atoms. The summed E-state index contributed by atoms with van der Waals surface area (Å²) >= 11 is 11.7. The molecule has 0 saturated heterocycles. The SMILES string of the molecule is O=C(NNC(=O)c1ccc(Cl)cc1Cl)c1ccc(-n2cnnn2)cc1. The summed E-state index contributed by atoms with van der Waals surface area (Å²) in [7, 11) is 0. The molecule has 3 aromatic rings. The van der Waals surface area contributed by atoms with Crippen LogP contribution in [0.1, 0.15) is 20.7 Å². The number of nitrogens with zero attached hydrogens (tertiary/aromatic N) is 4. The van der Waals surface area contributed by atoms with Gasteiger partial charge in [-0.3, -0.25) is 20.4 Å². The third-order valence-electron chi connectivity index (χ3n) is 3.21. The molecule has 2 amide bonds. The van der Waals surface area contributed by atoms with Crippen LogP contribution in [0, 0.1) is 0 Å². The minimum atomic E-state index is -0.555. The second-order valence-electron chi connectivity index (χ2n) is 4.83. The normalized spacial score (nSPS) is 10.3. The molecular formula is C15H10Cl2N6O2. The van der Waals surface area contributed by atoms with E-state index in [0.29, 0.717) is 16.3 Å². The summed E-state index contributed by atoms with van der Waals surface area (Å²) in [6, 6.07) is 10.9. The van der Waals surface area contributed by atoms with Crippen molar-refractivity contribution >= 4 is 35.0 Å². The maximum absolute atomic E-state index is 12.1. The van der Waals surface area contributed by atoms with Crippen LogP contribution in [0.25, 0.3) is 5.69 Å². The van der Waals surface area contributed by atoms with Crippen LogP contribution < -0.4 is 10.9 Å². The molecule has 0 fully saturated rings. The second kappa shape index (κ2) is 7.29. The van der Waals surface area contributed by atoms with Crippen molar-refractivity contribution in [1.29, 1.82) is 0 Å². The monoisotopic (exact) mass is 376 g/mol. The quantitative estimate of drug-likeness (QED) is 0.681. The first-order chi connectivity index (χ1) is 12.0. The third kappa shape index (κ3) is 3.93. The molecule has 1 aromatic heterocycles. The molecule has 0 saturated carbocycles. The molecular weight excluding hydrogens is 367 g/mol. The van der Waals surface area contributed by atoms with E-state index in [4.69, 9.17) is 23.2 Å². The zero-order valence-electron chi connectivity index (χ0n) is 12.5. The van der Waals surface area contributed by atoms with Gasteiger partial charge in [0, 0.05) is 10.6 Å². The number of aromatic nitrogens is 4. The van der Waals surface area contributed by atoms with Gasteiger partial charge in [-0.2, -0.15) is 0 Å². The minimum Gasteiger partial charge on any atom is -0.267 e. The number of hydrogen-bond acceptors (Lipinski definition) is 5. The summed E-state index contributed by atoms with van der Waals surface area (Å²) in [6.07, 6.45) is 1.44. The first-order valence-corrected chi connectivity index (χ1v) is 7.69. The number of hydrogen-bond donors (Lipinski definition) is 2. The molecule has 0 unspecified atom stereocenters. The fraction of sp³-hybridized carbons (Fsp3) is 0. The summed E-state index contributed by atoms with van der Waals surface area (Å²) < 4.78 is 1.45. The van der Waals surface area contributed by atoms with Gasteiger partial charge in [0.25, 0.3) is 11.8 Å². The summed E-state index contributed by atoms with van der Waals surface area (Å²) in [5.74, 6) is -1.04. The highest BCUT2D eigenvalue weighted by atomic mass is 35.5. The number of rotatable bonds is 3. The maximum Gasteiger partial charge on any atom is 0.271 e. The third-order valence-corrected chi connectivity index (χ3v) is 3.76. The van der Waals surface area contributed by atoms with Gasteiger partial charge < -0.3 is 0 Å². The molecule has 0 aliphatic heterocycles. The van der Waals surface area contributed by atoms with Crippen LogP contribution >= 0.6 is 23.2 Å². The van der Waals surface area contributed by atoms with Gasteiger partial charge in [-0.25, -0.2) is 4.68 Å². The summed E-state index contributed by atoms with van der Waals surface area (Å²) in [5.41, 5.74) is 5.85. The molecule has 0 radical (unpaired) electrons. The number of benzene rings is 2. The molecule has 0 aliphatic rings. The Morgan fingerprint density at radius 3 is 2.32 bits per heavy atom. The zero-order chi connectivity index (χ0) is 17.8. The van der Waals surface area contributed by atoms with Crippen molar-refractivity contribution in [3.63, 3.8) is 0 Å². The van der Waals surface area contributed by atoms with E-state index in [0.717, 1.165) is 0 Å². The van der Waals surface area contributed by atoms with Crippen molar-refractivity contribution in [2.75, 3.05) is 0 Å². The average molecular weight is 377 g/mol. The van der Waals surface area contributed by atoms with Crippen LogP contribution in [-0.4, -0.2) is 32.0 Å². The van der Waals surface area contributed by atoms with Crippen LogP contribution in [0.2, 0.25) is 10.0 Å². The number of amides is 2. The molecule has 0 aliphatic carbocycles. The Morgan fingerprint density at radius 2 is 1.68 bits per heavy atom. The lowest BCUT2D eigenvalue weighted by molar-refractivity contribution is 0.0847. The van der Waals surface area contributed by atoms with Gasteiger partial charge in [0.2, 0.25) is 0 Å². The van der Waals surface area contributed by atoms with Crippen molar-refractivity contribution < 1.29 is 9.59 Å². The van der Waals surface area contributed by atoms with Gasteiger partial charge in [-0.15, -0.1) is 5.10 Å². The summed E-state index contributed by atoms with van der Waals surface area (Å²) in [5, 5.41) is 11.4. The Balaban J connectivity index is 1.63. The molecule has 0 spiro atoms. The van der Waals surface area contributed by atoms with Crippen molar-refractivity contribution in [3.8, 4) is 5.69 Å². The standard InChI is InChI=1S/C15H10Cl2N6O2/c16-10-3-6-12(13(17)7-10)15(25)20-19-14(24)9-1-4-11(5-2-9)23-8-18-21-22-23/h1-8H,(H,19,24)(H,20,25). The van der Waals surface area contributed by atoms with Crippen molar-refractivity contribution in [2.24, 2.45) is 0 Å². The molecule has 1 heterocycles. The van der Waals surface area contributed by atoms with E-state index in [2.05, 4.69) is 26.4 Å². The average Bonchev–Trinajstić information content (AvgIpc) is 3.14. The Kier molecular flexibility index (Phi) is 4.92. The van der Waals surface area contributed by atoms with E-state index in [-0.39, 0.29) is 10.6 Å². The first-order valence-electron chi connectivity index (χ1n) is 6.94. The molecule has 2 N–H and O–H groups in total. The molecule has 3 rings (SSSR count). The lowest BCUT2D eigenvalue weighted by Gasteiger charge is -2.09. The number of carbonyl (C=O) groups excluding carboxylic acids is 2. The Bertz CT molecular complexity index is 912. The van der Waals surface area contributed by atoms with Gasteiger partial charge in [-0.05, 0) is 52.9 Å². The van der Waals surface area contributed by atoms with Gasteiger partial charge in [0.1, 0.15) is 6.33 Å². The molecule has 8 nitrogen and oxygen atoms in total. The summed E-state index contributed by atoms with van der Waals surface area (Å²) in [4.78, 5) is 24.1. The number of tetrazole rings is 1. The number of nitrogens with one attached hydrogen (secondary N) is 2. The van der Waals surface area contributed by atoms with E-state index in [1.807, 2.05) is 0 Å². The van der Waals surface area contributed by atoms with Gasteiger partial charge in [0.15, 0.2) is 0 Å². The number of carbonyl (C=O) groups is 2. The van der Waals surface area contributed by atoms with Crippen LogP contribution in [0.3, 0.4) is 0 Å². The van der Waals surface area contributed by atoms with E-state index < -0.39 is 11.8 Å². The van der Waals surface area contributed by atoms with Gasteiger partial charge >= 0.3 is 0 Å². The molecule has 0 atom stereocenters. The highest BCUT2D eigenvalue weighted by molar-refractivity contribution is 6.36.